The smallest absolute Gasteiger partial charge is 0.340 e. The average Bonchev–Trinajstić information content (AvgIpc) is 2.37. The molecule has 1 rings (SSSR count). The molecule has 0 spiro atoms. The number of ether oxygens (including phenoxy) is 2. The van der Waals surface area contributed by atoms with Crippen LogP contribution in [0.4, 0.5) is 5.69 Å². The van der Waals surface area contributed by atoms with Crippen LogP contribution in [0.3, 0.4) is 0 Å². The molecule has 0 unspecified atom stereocenters. The number of nitrogens with one attached hydrogen (secondary N) is 1. The van der Waals surface area contributed by atoms with E-state index in [1.807, 2.05) is 0 Å². The van der Waals surface area contributed by atoms with E-state index in [9.17, 15) is 9.59 Å². The summed E-state index contributed by atoms with van der Waals surface area (Å²) in [6.07, 6.45) is 0. The molecule has 0 heterocycles. The number of benzene rings is 1. The van der Waals surface area contributed by atoms with Gasteiger partial charge in [-0.3, -0.25) is 4.79 Å². The number of nitrogens with two attached hydrogens (primary N) is 1. The van der Waals surface area contributed by atoms with Crippen LogP contribution in [0.5, 0.6) is 5.75 Å². The van der Waals surface area contributed by atoms with Gasteiger partial charge in [-0.1, -0.05) is 0 Å². The van der Waals surface area contributed by atoms with Gasteiger partial charge in [-0.05, 0) is 25.1 Å². The standard InChI is InChI=1S/C12H16N2O4/c1-3-14-11(15)7-18-12(16)9-6-8(17-2)4-5-10(9)13/h4-6H,3,7,13H2,1-2H3,(H,14,15). The molecule has 0 radical (unpaired) electrons. The van der Waals surface area contributed by atoms with Crippen molar-refractivity contribution in [1.29, 1.82) is 0 Å². The lowest BCUT2D eigenvalue weighted by atomic mass is 10.2. The van der Waals surface area contributed by atoms with Gasteiger partial charge in [-0.25, -0.2) is 4.79 Å². The van der Waals surface area contributed by atoms with Gasteiger partial charge >= 0.3 is 5.97 Å². The molecule has 0 atom stereocenters. The number of methoxy groups -OCH3 is 1. The van der Waals surface area contributed by atoms with E-state index in [-0.39, 0.29) is 23.8 Å². The highest BCUT2D eigenvalue weighted by Gasteiger charge is 2.14. The summed E-state index contributed by atoms with van der Waals surface area (Å²) in [7, 11) is 1.48. The van der Waals surface area contributed by atoms with Crippen molar-refractivity contribution < 1.29 is 19.1 Å². The van der Waals surface area contributed by atoms with Crippen LogP contribution in [0.15, 0.2) is 18.2 Å². The highest BCUT2D eigenvalue weighted by molar-refractivity contribution is 5.96. The minimum Gasteiger partial charge on any atom is -0.497 e. The Labute approximate surface area is 105 Å². The van der Waals surface area contributed by atoms with Crippen molar-refractivity contribution in [2.45, 2.75) is 6.92 Å². The van der Waals surface area contributed by atoms with E-state index < -0.39 is 5.97 Å². The molecule has 0 aliphatic carbocycles. The summed E-state index contributed by atoms with van der Waals surface area (Å²) in [4.78, 5) is 22.8. The third-order valence-corrected chi connectivity index (χ3v) is 2.19. The van der Waals surface area contributed by atoms with Crippen LogP contribution >= 0.6 is 0 Å². The Morgan fingerprint density at radius 2 is 2.11 bits per heavy atom. The molecule has 0 fully saturated rings. The van der Waals surface area contributed by atoms with Gasteiger partial charge in [-0.2, -0.15) is 0 Å². The van der Waals surface area contributed by atoms with Crippen molar-refractivity contribution in [1.82, 2.24) is 5.32 Å². The van der Waals surface area contributed by atoms with Crippen LogP contribution in [0.25, 0.3) is 0 Å². The van der Waals surface area contributed by atoms with Gasteiger partial charge in [0.05, 0.1) is 12.7 Å². The molecule has 0 saturated heterocycles. The first-order valence-electron chi connectivity index (χ1n) is 5.45. The van der Waals surface area contributed by atoms with Crippen molar-refractivity contribution in [2.75, 3.05) is 26.0 Å². The number of nitrogen functional groups attached to an aromatic ring is 1. The Kier molecular flexibility index (Phi) is 4.98. The van der Waals surface area contributed by atoms with Crippen LogP contribution in [0, 0.1) is 0 Å². The van der Waals surface area contributed by atoms with Gasteiger partial charge in [0.2, 0.25) is 0 Å². The van der Waals surface area contributed by atoms with Crippen molar-refractivity contribution in [3.63, 3.8) is 0 Å². The fourth-order valence-electron chi connectivity index (χ4n) is 1.30. The van der Waals surface area contributed by atoms with E-state index in [0.717, 1.165) is 0 Å². The second kappa shape index (κ2) is 6.48. The van der Waals surface area contributed by atoms with Gasteiger partial charge < -0.3 is 20.5 Å². The van der Waals surface area contributed by atoms with E-state index in [0.29, 0.717) is 12.3 Å². The molecule has 1 aromatic rings. The zero-order valence-electron chi connectivity index (χ0n) is 10.4. The molecule has 6 heteroatoms. The van der Waals surface area contributed by atoms with E-state index >= 15 is 0 Å². The highest BCUT2D eigenvalue weighted by Crippen LogP contribution is 2.20. The van der Waals surface area contributed by atoms with E-state index in [2.05, 4.69) is 5.32 Å². The molecule has 1 aromatic carbocycles. The summed E-state index contributed by atoms with van der Waals surface area (Å²) in [6.45, 7) is 1.93. The van der Waals surface area contributed by atoms with E-state index in [4.69, 9.17) is 15.2 Å². The summed E-state index contributed by atoms with van der Waals surface area (Å²) >= 11 is 0. The molecule has 0 aromatic heterocycles. The van der Waals surface area contributed by atoms with E-state index in [1.165, 1.54) is 13.2 Å². The quantitative estimate of drug-likeness (QED) is 0.590. The third kappa shape index (κ3) is 3.65. The first kappa shape index (κ1) is 13.8. The summed E-state index contributed by atoms with van der Waals surface area (Å²) in [6, 6.07) is 4.65. The van der Waals surface area contributed by atoms with Crippen LogP contribution < -0.4 is 15.8 Å². The minimum atomic E-state index is -0.655. The number of anilines is 1. The third-order valence-electron chi connectivity index (χ3n) is 2.19. The van der Waals surface area contributed by atoms with E-state index in [1.54, 1.807) is 19.1 Å². The molecule has 1 amide bonds. The maximum absolute atomic E-state index is 11.7. The van der Waals surface area contributed by atoms with Crippen LogP contribution in [0.1, 0.15) is 17.3 Å². The summed E-state index contributed by atoms with van der Waals surface area (Å²) in [5, 5.41) is 2.52. The number of hydrogen-bond acceptors (Lipinski definition) is 5. The molecular formula is C12H16N2O4. The Morgan fingerprint density at radius 1 is 1.39 bits per heavy atom. The summed E-state index contributed by atoms with van der Waals surface area (Å²) in [5.74, 6) is -0.515. The summed E-state index contributed by atoms with van der Waals surface area (Å²) < 4.78 is 9.82. The van der Waals surface area contributed by atoms with Gasteiger partial charge in [0.15, 0.2) is 6.61 Å². The second-order valence-corrected chi connectivity index (χ2v) is 3.48. The topological polar surface area (TPSA) is 90.6 Å². The largest absolute Gasteiger partial charge is 0.497 e. The number of carbonyl (C=O) groups is 2. The first-order valence-corrected chi connectivity index (χ1v) is 5.45. The predicted molar refractivity (Wildman–Crippen MR) is 66.4 cm³/mol. The minimum absolute atomic E-state index is 0.179. The maximum Gasteiger partial charge on any atom is 0.340 e. The highest BCUT2D eigenvalue weighted by atomic mass is 16.5. The lowest BCUT2D eigenvalue weighted by Crippen LogP contribution is -2.28. The van der Waals surface area contributed by atoms with Crippen LogP contribution in [-0.4, -0.2) is 32.1 Å². The number of amides is 1. The normalized spacial score (nSPS) is 9.67. The Bertz CT molecular complexity index is 446. The molecule has 18 heavy (non-hydrogen) atoms. The first-order chi connectivity index (χ1) is 8.58. The van der Waals surface area contributed by atoms with Crippen molar-refractivity contribution >= 4 is 17.6 Å². The lowest BCUT2D eigenvalue weighted by Gasteiger charge is -2.08. The average molecular weight is 252 g/mol. The zero-order chi connectivity index (χ0) is 13.5. The Morgan fingerprint density at radius 3 is 2.72 bits per heavy atom. The van der Waals surface area contributed by atoms with Crippen molar-refractivity contribution in [2.24, 2.45) is 0 Å². The van der Waals surface area contributed by atoms with Crippen LogP contribution in [0.2, 0.25) is 0 Å². The SMILES string of the molecule is CCNC(=O)COC(=O)c1cc(OC)ccc1N. The van der Waals surface area contributed by atoms with Gasteiger partial charge in [0, 0.05) is 12.2 Å². The molecule has 98 valence electrons. The molecule has 6 nitrogen and oxygen atoms in total. The number of hydrogen-bond donors (Lipinski definition) is 2. The van der Waals surface area contributed by atoms with Gasteiger partial charge in [-0.15, -0.1) is 0 Å². The molecular weight excluding hydrogens is 236 g/mol. The Balaban J connectivity index is 2.69. The molecule has 0 aliphatic rings. The number of likely N-dealkylation sites (N-methyl/N-ethyl adjacent to an activating group) is 1. The fourth-order valence-corrected chi connectivity index (χ4v) is 1.30. The fraction of sp³-hybridized carbons (Fsp3) is 0.333. The summed E-state index contributed by atoms with van der Waals surface area (Å²) in [5.41, 5.74) is 6.11. The Hall–Kier alpha value is -2.24. The van der Waals surface area contributed by atoms with Gasteiger partial charge in [0.1, 0.15) is 5.75 Å². The van der Waals surface area contributed by atoms with Gasteiger partial charge in [0.25, 0.3) is 5.91 Å². The predicted octanol–water partition coefficient (Wildman–Crippen LogP) is 0.570. The van der Waals surface area contributed by atoms with Crippen LogP contribution in [-0.2, 0) is 9.53 Å². The maximum atomic E-state index is 11.7. The monoisotopic (exact) mass is 252 g/mol. The number of esters is 1. The molecule has 0 bridgehead atoms. The van der Waals surface area contributed by atoms with Crippen molar-refractivity contribution in [3.05, 3.63) is 23.8 Å². The molecule has 0 saturated carbocycles. The van der Waals surface area contributed by atoms with Crippen molar-refractivity contribution in [3.8, 4) is 5.75 Å². The lowest BCUT2D eigenvalue weighted by molar-refractivity contribution is -0.124. The molecule has 3 N–H and O–H groups in total. The number of carbonyl (C=O) groups excluding carboxylic acids is 2. The second-order valence-electron chi connectivity index (χ2n) is 3.48. The zero-order valence-corrected chi connectivity index (χ0v) is 10.4. The number of rotatable bonds is 5. The molecule has 0 aliphatic heterocycles.